The van der Waals surface area contributed by atoms with E-state index in [1.54, 1.807) is 43.5 Å². The Morgan fingerprint density at radius 2 is 1.92 bits per heavy atom. The summed E-state index contributed by atoms with van der Waals surface area (Å²) in [5.41, 5.74) is 2.77. The molecule has 2 aromatic rings. The number of ether oxygens (including phenoxy) is 2. The highest BCUT2D eigenvalue weighted by atomic mass is 16.5. The van der Waals surface area contributed by atoms with E-state index < -0.39 is 6.03 Å². The Bertz CT molecular complexity index is 804. The second kappa shape index (κ2) is 6.49. The van der Waals surface area contributed by atoms with Crippen LogP contribution in [0.5, 0.6) is 11.5 Å². The summed E-state index contributed by atoms with van der Waals surface area (Å²) in [5, 5.41) is 8.21. The van der Waals surface area contributed by atoms with Crippen molar-refractivity contribution in [1.29, 1.82) is 0 Å². The number of carbonyl (C=O) groups is 2. The SMILES string of the molecule is COc1ccc(NC(=O)Nc2ccc3c(c2)CC(=O)N3)c(OC)c1. The van der Waals surface area contributed by atoms with Crippen molar-refractivity contribution in [3.63, 3.8) is 0 Å². The molecule has 2 aromatic carbocycles. The molecule has 3 rings (SSSR count). The van der Waals surface area contributed by atoms with Crippen molar-refractivity contribution in [1.82, 2.24) is 0 Å². The number of carbonyl (C=O) groups excluding carboxylic acids is 2. The lowest BCUT2D eigenvalue weighted by Gasteiger charge is -2.12. The van der Waals surface area contributed by atoms with Gasteiger partial charge in [-0.1, -0.05) is 0 Å². The van der Waals surface area contributed by atoms with Crippen LogP contribution in [0.1, 0.15) is 5.56 Å². The number of nitrogens with one attached hydrogen (secondary N) is 3. The summed E-state index contributed by atoms with van der Waals surface area (Å²) >= 11 is 0. The van der Waals surface area contributed by atoms with E-state index in [-0.39, 0.29) is 5.91 Å². The molecule has 0 spiro atoms. The monoisotopic (exact) mass is 327 g/mol. The fourth-order valence-electron chi connectivity index (χ4n) is 2.49. The van der Waals surface area contributed by atoms with E-state index in [9.17, 15) is 9.59 Å². The third-order valence-corrected chi connectivity index (χ3v) is 3.65. The Balaban J connectivity index is 1.70. The fraction of sp³-hybridized carbons (Fsp3) is 0.176. The molecule has 1 aliphatic heterocycles. The lowest BCUT2D eigenvalue weighted by atomic mass is 10.1. The third kappa shape index (κ3) is 3.24. The first-order valence-corrected chi connectivity index (χ1v) is 7.32. The number of hydrogen-bond donors (Lipinski definition) is 3. The van der Waals surface area contributed by atoms with Gasteiger partial charge in [0.25, 0.3) is 0 Å². The molecule has 124 valence electrons. The summed E-state index contributed by atoms with van der Waals surface area (Å²) in [4.78, 5) is 23.5. The first-order chi connectivity index (χ1) is 11.6. The number of amides is 3. The van der Waals surface area contributed by atoms with Crippen LogP contribution in [0.2, 0.25) is 0 Å². The standard InChI is InChI=1S/C17H17N3O4/c1-23-12-4-6-14(15(9-12)24-2)20-17(22)18-11-3-5-13-10(7-11)8-16(21)19-13/h3-7,9H,8H2,1-2H3,(H,19,21)(H2,18,20,22). The summed E-state index contributed by atoms with van der Waals surface area (Å²) in [6, 6.07) is 9.97. The second-order valence-corrected chi connectivity index (χ2v) is 5.24. The molecule has 0 fully saturated rings. The Morgan fingerprint density at radius 3 is 2.67 bits per heavy atom. The average molecular weight is 327 g/mol. The Labute approximate surface area is 139 Å². The quantitative estimate of drug-likeness (QED) is 0.805. The summed E-state index contributed by atoms with van der Waals surface area (Å²) in [6.45, 7) is 0. The van der Waals surface area contributed by atoms with Crippen LogP contribution in [-0.2, 0) is 11.2 Å². The van der Waals surface area contributed by atoms with Crippen molar-refractivity contribution >= 4 is 29.0 Å². The lowest BCUT2D eigenvalue weighted by molar-refractivity contribution is -0.115. The number of hydrogen-bond acceptors (Lipinski definition) is 4. The van der Waals surface area contributed by atoms with Crippen LogP contribution in [0.3, 0.4) is 0 Å². The zero-order chi connectivity index (χ0) is 17.1. The molecule has 0 aliphatic carbocycles. The predicted octanol–water partition coefficient (Wildman–Crippen LogP) is 2.84. The van der Waals surface area contributed by atoms with Crippen molar-refractivity contribution in [2.24, 2.45) is 0 Å². The molecular formula is C17H17N3O4. The first-order valence-electron chi connectivity index (χ1n) is 7.32. The molecule has 3 N–H and O–H groups in total. The van der Waals surface area contributed by atoms with Gasteiger partial charge in [-0.3, -0.25) is 4.79 Å². The molecule has 0 saturated carbocycles. The largest absolute Gasteiger partial charge is 0.497 e. The van der Waals surface area contributed by atoms with E-state index in [4.69, 9.17) is 9.47 Å². The minimum Gasteiger partial charge on any atom is -0.497 e. The summed E-state index contributed by atoms with van der Waals surface area (Å²) in [6.07, 6.45) is 0.318. The lowest BCUT2D eigenvalue weighted by Crippen LogP contribution is -2.19. The normalized spacial score (nSPS) is 12.2. The zero-order valence-electron chi connectivity index (χ0n) is 13.3. The van der Waals surface area contributed by atoms with Gasteiger partial charge in [-0.15, -0.1) is 0 Å². The molecule has 7 nitrogen and oxygen atoms in total. The van der Waals surface area contributed by atoms with Gasteiger partial charge in [0.05, 0.1) is 26.3 Å². The Morgan fingerprint density at radius 1 is 1.08 bits per heavy atom. The number of urea groups is 1. The average Bonchev–Trinajstić information content (AvgIpc) is 2.94. The maximum absolute atomic E-state index is 12.2. The van der Waals surface area contributed by atoms with Crippen LogP contribution in [0.4, 0.5) is 21.9 Å². The molecule has 3 amide bonds. The molecule has 0 atom stereocenters. The van der Waals surface area contributed by atoms with E-state index >= 15 is 0 Å². The molecule has 0 aromatic heterocycles. The van der Waals surface area contributed by atoms with E-state index in [1.165, 1.54) is 7.11 Å². The van der Waals surface area contributed by atoms with Crippen LogP contribution in [0.25, 0.3) is 0 Å². The summed E-state index contributed by atoms with van der Waals surface area (Å²) in [5.74, 6) is 1.08. The molecule has 0 bridgehead atoms. The number of methoxy groups -OCH3 is 2. The number of fused-ring (bicyclic) bond motifs is 1. The highest BCUT2D eigenvalue weighted by Crippen LogP contribution is 2.29. The van der Waals surface area contributed by atoms with Gasteiger partial charge in [-0.25, -0.2) is 4.79 Å². The predicted molar refractivity (Wildman–Crippen MR) is 91.0 cm³/mol. The molecule has 0 radical (unpaired) electrons. The van der Waals surface area contributed by atoms with Crippen molar-refractivity contribution < 1.29 is 19.1 Å². The molecule has 0 saturated heterocycles. The minimum absolute atomic E-state index is 0.0467. The zero-order valence-corrected chi connectivity index (χ0v) is 13.3. The molecule has 7 heteroatoms. The van der Waals surface area contributed by atoms with Crippen molar-refractivity contribution in [3.8, 4) is 11.5 Å². The van der Waals surface area contributed by atoms with Crippen LogP contribution in [0.15, 0.2) is 36.4 Å². The summed E-state index contributed by atoms with van der Waals surface area (Å²) in [7, 11) is 3.07. The van der Waals surface area contributed by atoms with Gasteiger partial charge in [0.1, 0.15) is 11.5 Å². The van der Waals surface area contributed by atoms with E-state index in [0.29, 0.717) is 29.3 Å². The minimum atomic E-state index is -0.407. The molecule has 1 heterocycles. The number of rotatable bonds is 4. The van der Waals surface area contributed by atoms with Gasteiger partial charge in [0.15, 0.2) is 0 Å². The molecule has 24 heavy (non-hydrogen) atoms. The highest BCUT2D eigenvalue weighted by Gasteiger charge is 2.18. The van der Waals surface area contributed by atoms with E-state index in [1.807, 2.05) is 0 Å². The second-order valence-electron chi connectivity index (χ2n) is 5.24. The van der Waals surface area contributed by atoms with Crippen molar-refractivity contribution in [2.75, 3.05) is 30.2 Å². The smallest absolute Gasteiger partial charge is 0.323 e. The maximum Gasteiger partial charge on any atom is 0.323 e. The molecular weight excluding hydrogens is 310 g/mol. The molecule has 1 aliphatic rings. The van der Waals surface area contributed by atoms with Gasteiger partial charge in [-0.05, 0) is 35.9 Å². The summed E-state index contributed by atoms with van der Waals surface area (Å²) < 4.78 is 10.4. The van der Waals surface area contributed by atoms with Gasteiger partial charge >= 0.3 is 6.03 Å². The maximum atomic E-state index is 12.2. The Kier molecular flexibility index (Phi) is 4.24. The fourth-order valence-corrected chi connectivity index (χ4v) is 2.49. The first kappa shape index (κ1) is 15.7. The number of anilines is 3. The van der Waals surface area contributed by atoms with Crippen LogP contribution in [0, 0.1) is 0 Å². The highest BCUT2D eigenvalue weighted by molar-refractivity contribution is 6.03. The van der Waals surface area contributed by atoms with Gasteiger partial charge in [0, 0.05) is 17.4 Å². The Hall–Kier alpha value is -3.22. The molecule has 0 unspecified atom stereocenters. The van der Waals surface area contributed by atoms with Gasteiger partial charge in [0.2, 0.25) is 5.91 Å². The van der Waals surface area contributed by atoms with Crippen molar-refractivity contribution in [3.05, 3.63) is 42.0 Å². The number of benzene rings is 2. The van der Waals surface area contributed by atoms with E-state index in [0.717, 1.165) is 11.3 Å². The van der Waals surface area contributed by atoms with Gasteiger partial charge < -0.3 is 25.4 Å². The van der Waals surface area contributed by atoms with Crippen LogP contribution >= 0.6 is 0 Å². The topological polar surface area (TPSA) is 88.7 Å². The third-order valence-electron chi connectivity index (χ3n) is 3.65. The van der Waals surface area contributed by atoms with E-state index in [2.05, 4.69) is 16.0 Å². The van der Waals surface area contributed by atoms with Crippen LogP contribution < -0.4 is 25.4 Å². The van der Waals surface area contributed by atoms with Crippen LogP contribution in [-0.4, -0.2) is 26.2 Å². The van der Waals surface area contributed by atoms with Gasteiger partial charge in [-0.2, -0.15) is 0 Å². The van der Waals surface area contributed by atoms with Crippen molar-refractivity contribution in [2.45, 2.75) is 6.42 Å².